The van der Waals surface area contributed by atoms with Crippen LogP contribution >= 0.6 is 0 Å². The lowest BCUT2D eigenvalue weighted by Crippen LogP contribution is -2.14. The molecule has 97 valence electrons. The summed E-state index contributed by atoms with van der Waals surface area (Å²) < 4.78 is 0. The van der Waals surface area contributed by atoms with Gasteiger partial charge in [0.25, 0.3) is 5.91 Å². The van der Waals surface area contributed by atoms with E-state index in [1.54, 1.807) is 6.07 Å². The molecule has 2 aromatic carbocycles. The van der Waals surface area contributed by atoms with Gasteiger partial charge in [-0.25, -0.2) is 0 Å². The van der Waals surface area contributed by atoms with Crippen LogP contribution in [0, 0.1) is 6.92 Å². The summed E-state index contributed by atoms with van der Waals surface area (Å²) >= 11 is 0. The molecule has 0 saturated heterocycles. The van der Waals surface area contributed by atoms with Crippen LogP contribution in [-0.2, 0) is 0 Å². The number of nitrogens with one attached hydrogen (secondary N) is 1. The molecule has 0 aliphatic heterocycles. The maximum atomic E-state index is 12.1. The van der Waals surface area contributed by atoms with E-state index in [2.05, 4.69) is 12.2 Å². The zero-order chi connectivity index (χ0) is 13.8. The highest BCUT2D eigenvalue weighted by Crippen LogP contribution is 2.15. The first-order valence-electron chi connectivity index (χ1n) is 6.07. The number of anilines is 2. The molecule has 1 amide bonds. The fraction of sp³-hybridized carbons (Fsp3) is 0.125. The summed E-state index contributed by atoms with van der Waals surface area (Å²) in [5.41, 5.74) is 3.34. The lowest BCUT2D eigenvalue weighted by molar-refractivity contribution is 0.102. The predicted molar refractivity (Wildman–Crippen MR) is 79.6 cm³/mol. The van der Waals surface area contributed by atoms with E-state index in [9.17, 15) is 4.79 Å². The average molecular weight is 253 g/mol. The molecule has 0 unspecified atom stereocenters. The SMILES string of the molecule is [CH2]c1ccc(NC(=O)c2cccc(N(C)C)c2)cc1. The first-order valence-corrected chi connectivity index (χ1v) is 6.07. The molecule has 0 fully saturated rings. The second kappa shape index (κ2) is 5.57. The smallest absolute Gasteiger partial charge is 0.255 e. The third kappa shape index (κ3) is 3.35. The topological polar surface area (TPSA) is 32.3 Å². The summed E-state index contributed by atoms with van der Waals surface area (Å²) in [5, 5.41) is 2.87. The fourth-order valence-electron chi connectivity index (χ4n) is 1.72. The first kappa shape index (κ1) is 13.1. The Morgan fingerprint density at radius 1 is 1.11 bits per heavy atom. The van der Waals surface area contributed by atoms with Crippen LogP contribution in [0.1, 0.15) is 15.9 Å². The van der Waals surface area contributed by atoms with Crippen LogP contribution in [0.15, 0.2) is 48.5 Å². The molecule has 0 aliphatic rings. The van der Waals surface area contributed by atoms with E-state index in [4.69, 9.17) is 0 Å². The number of carbonyl (C=O) groups excluding carboxylic acids is 1. The predicted octanol–water partition coefficient (Wildman–Crippen LogP) is 3.19. The Hall–Kier alpha value is -2.29. The van der Waals surface area contributed by atoms with E-state index >= 15 is 0 Å². The van der Waals surface area contributed by atoms with Crippen molar-refractivity contribution in [3.05, 3.63) is 66.6 Å². The van der Waals surface area contributed by atoms with Crippen LogP contribution < -0.4 is 10.2 Å². The van der Waals surface area contributed by atoms with E-state index in [1.807, 2.05) is 61.5 Å². The van der Waals surface area contributed by atoms with Gasteiger partial charge in [-0.1, -0.05) is 18.2 Å². The molecular formula is C16H17N2O. The van der Waals surface area contributed by atoms with Crippen LogP contribution in [0.25, 0.3) is 0 Å². The van der Waals surface area contributed by atoms with Crippen LogP contribution in [0.2, 0.25) is 0 Å². The van der Waals surface area contributed by atoms with Gasteiger partial charge in [0, 0.05) is 31.0 Å². The molecular weight excluding hydrogens is 236 g/mol. The lowest BCUT2D eigenvalue weighted by atomic mass is 10.1. The number of benzene rings is 2. The quantitative estimate of drug-likeness (QED) is 0.911. The Morgan fingerprint density at radius 3 is 2.42 bits per heavy atom. The van der Waals surface area contributed by atoms with Crippen molar-refractivity contribution in [2.45, 2.75) is 0 Å². The molecule has 0 aliphatic carbocycles. The van der Waals surface area contributed by atoms with Crippen molar-refractivity contribution >= 4 is 17.3 Å². The van der Waals surface area contributed by atoms with E-state index in [-0.39, 0.29) is 5.91 Å². The van der Waals surface area contributed by atoms with E-state index in [0.717, 1.165) is 16.9 Å². The molecule has 19 heavy (non-hydrogen) atoms. The highest BCUT2D eigenvalue weighted by Gasteiger charge is 2.07. The summed E-state index contributed by atoms with van der Waals surface area (Å²) in [5.74, 6) is -0.111. The van der Waals surface area contributed by atoms with Gasteiger partial charge in [0.2, 0.25) is 0 Å². The Labute approximate surface area is 113 Å². The van der Waals surface area contributed by atoms with Crippen LogP contribution in [0.5, 0.6) is 0 Å². The Balaban J connectivity index is 2.15. The van der Waals surface area contributed by atoms with Gasteiger partial charge in [-0.3, -0.25) is 4.79 Å². The largest absolute Gasteiger partial charge is 0.378 e. The zero-order valence-corrected chi connectivity index (χ0v) is 11.2. The zero-order valence-electron chi connectivity index (χ0n) is 11.2. The lowest BCUT2D eigenvalue weighted by Gasteiger charge is -2.13. The van der Waals surface area contributed by atoms with Gasteiger partial charge in [0.05, 0.1) is 0 Å². The first-order chi connectivity index (χ1) is 9.06. The van der Waals surface area contributed by atoms with Crippen molar-refractivity contribution in [3.63, 3.8) is 0 Å². The normalized spacial score (nSPS) is 10.1. The van der Waals surface area contributed by atoms with E-state index < -0.39 is 0 Å². The Bertz CT molecular complexity index is 574. The second-order valence-electron chi connectivity index (χ2n) is 4.60. The number of rotatable bonds is 3. The molecule has 1 radical (unpaired) electrons. The standard InChI is InChI=1S/C16H17N2O/c1-12-7-9-14(10-8-12)17-16(19)13-5-4-6-15(11-13)18(2)3/h4-11H,1H2,2-3H3,(H,17,19). The van der Waals surface area contributed by atoms with Crippen molar-refractivity contribution in [1.82, 2.24) is 0 Å². The number of amides is 1. The van der Waals surface area contributed by atoms with Gasteiger partial charge in [-0.15, -0.1) is 0 Å². The highest BCUT2D eigenvalue weighted by atomic mass is 16.1. The number of hydrogen-bond acceptors (Lipinski definition) is 2. The van der Waals surface area contributed by atoms with Crippen molar-refractivity contribution in [2.24, 2.45) is 0 Å². The van der Waals surface area contributed by atoms with Crippen LogP contribution in [-0.4, -0.2) is 20.0 Å². The molecule has 1 N–H and O–H groups in total. The van der Waals surface area contributed by atoms with Crippen LogP contribution in [0.4, 0.5) is 11.4 Å². The molecule has 0 bridgehead atoms. The third-order valence-corrected chi connectivity index (χ3v) is 2.84. The minimum Gasteiger partial charge on any atom is -0.378 e. The van der Waals surface area contributed by atoms with Crippen molar-refractivity contribution in [3.8, 4) is 0 Å². The van der Waals surface area contributed by atoms with Crippen molar-refractivity contribution in [1.29, 1.82) is 0 Å². The van der Waals surface area contributed by atoms with E-state index in [0.29, 0.717) is 5.56 Å². The molecule has 0 atom stereocenters. The highest BCUT2D eigenvalue weighted by molar-refractivity contribution is 6.04. The minimum atomic E-state index is -0.111. The summed E-state index contributed by atoms with van der Waals surface area (Å²) in [4.78, 5) is 14.1. The van der Waals surface area contributed by atoms with Gasteiger partial charge in [-0.2, -0.15) is 0 Å². The monoisotopic (exact) mass is 253 g/mol. The molecule has 0 aromatic heterocycles. The van der Waals surface area contributed by atoms with Gasteiger partial charge < -0.3 is 10.2 Å². The number of nitrogens with zero attached hydrogens (tertiary/aromatic N) is 1. The van der Waals surface area contributed by atoms with Gasteiger partial charge >= 0.3 is 0 Å². The Kier molecular flexibility index (Phi) is 3.85. The van der Waals surface area contributed by atoms with Crippen molar-refractivity contribution in [2.75, 3.05) is 24.3 Å². The van der Waals surface area contributed by atoms with Crippen molar-refractivity contribution < 1.29 is 4.79 Å². The summed E-state index contributed by atoms with van der Waals surface area (Å²) in [6.07, 6.45) is 0. The maximum Gasteiger partial charge on any atom is 0.255 e. The molecule has 0 saturated carbocycles. The molecule has 3 nitrogen and oxygen atoms in total. The van der Waals surface area contributed by atoms with Gasteiger partial charge in [0.15, 0.2) is 0 Å². The molecule has 0 spiro atoms. The van der Waals surface area contributed by atoms with Gasteiger partial charge in [-0.05, 0) is 42.8 Å². The number of carbonyl (C=O) groups is 1. The van der Waals surface area contributed by atoms with Crippen LogP contribution in [0.3, 0.4) is 0 Å². The second-order valence-corrected chi connectivity index (χ2v) is 4.60. The van der Waals surface area contributed by atoms with E-state index in [1.165, 1.54) is 0 Å². The average Bonchev–Trinajstić information content (AvgIpc) is 2.41. The minimum absolute atomic E-state index is 0.111. The summed E-state index contributed by atoms with van der Waals surface area (Å²) in [7, 11) is 3.90. The van der Waals surface area contributed by atoms with Gasteiger partial charge in [0.1, 0.15) is 0 Å². The number of hydrogen-bond donors (Lipinski definition) is 1. The molecule has 2 aromatic rings. The Morgan fingerprint density at radius 2 is 1.79 bits per heavy atom. The summed E-state index contributed by atoms with van der Waals surface area (Å²) in [6.45, 7) is 3.81. The molecule has 3 heteroatoms. The fourth-order valence-corrected chi connectivity index (χ4v) is 1.72. The molecule has 0 heterocycles. The molecule has 2 rings (SSSR count). The maximum absolute atomic E-state index is 12.1. The third-order valence-electron chi connectivity index (χ3n) is 2.84. The summed E-state index contributed by atoms with van der Waals surface area (Å²) in [6, 6.07) is 14.9.